The van der Waals surface area contributed by atoms with Gasteiger partial charge in [0.05, 0.1) is 24.5 Å². The van der Waals surface area contributed by atoms with Crippen LogP contribution in [0.25, 0.3) is 33.3 Å². The van der Waals surface area contributed by atoms with E-state index in [1.54, 1.807) is 54.7 Å². The van der Waals surface area contributed by atoms with Crippen molar-refractivity contribution in [2.75, 3.05) is 11.8 Å². The van der Waals surface area contributed by atoms with Gasteiger partial charge in [-0.25, -0.2) is 23.4 Å². The molecule has 33 heavy (non-hydrogen) atoms. The van der Waals surface area contributed by atoms with E-state index in [0.29, 0.717) is 33.4 Å². The summed E-state index contributed by atoms with van der Waals surface area (Å²) in [4.78, 5) is 17.4. The van der Waals surface area contributed by atoms with Crippen molar-refractivity contribution in [1.82, 2.24) is 19.9 Å². The van der Waals surface area contributed by atoms with Crippen molar-refractivity contribution in [3.8, 4) is 22.8 Å². The van der Waals surface area contributed by atoms with E-state index in [1.807, 2.05) is 0 Å². The molecule has 0 saturated carbocycles. The van der Waals surface area contributed by atoms with Gasteiger partial charge >= 0.3 is 0 Å². The highest BCUT2D eigenvalue weighted by molar-refractivity contribution is 7.93. The third-order valence-electron chi connectivity index (χ3n) is 5.01. The zero-order valence-corrected chi connectivity index (χ0v) is 18.1. The van der Waals surface area contributed by atoms with Crippen LogP contribution in [0.5, 0.6) is 11.5 Å². The fourth-order valence-corrected chi connectivity index (χ4v) is 4.60. The van der Waals surface area contributed by atoms with Crippen LogP contribution in [0.1, 0.15) is 0 Å². The maximum Gasteiger partial charge on any atom is 0.265 e. The average molecular weight is 459 g/mol. The molecular formula is C23H17N5O4S. The highest BCUT2D eigenvalue weighted by Gasteiger charge is 2.19. The summed E-state index contributed by atoms with van der Waals surface area (Å²) < 4.78 is 33.8. The molecule has 0 aliphatic carbocycles. The lowest BCUT2D eigenvalue weighted by Crippen LogP contribution is -2.15. The van der Waals surface area contributed by atoms with Gasteiger partial charge in [-0.15, -0.1) is 0 Å². The Labute approximate surface area is 188 Å². The largest absolute Gasteiger partial charge is 0.504 e. The normalized spacial score (nSPS) is 11.5. The second-order valence-electron chi connectivity index (χ2n) is 7.12. The van der Waals surface area contributed by atoms with Crippen LogP contribution < -0.4 is 9.46 Å². The Hall–Kier alpha value is -4.31. The van der Waals surface area contributed by atoms with Crippen LogP contribution in [0.2, 0.25) is 0 Å². The summed E-state index contributed by atoms with van der Waals surface area (Å²) in [5.41, 5.74) is 2.38. The summed E-state index contributed by atoms with van der Waals surface area (Å²) in [5, 5.41) is 10.5. The van der Waals surface area contributed by atoms with Gasteiger partial charge in [-0.05, 0) is 42.5 Å². The van der Waals surface area contributed by atoms with Crippen LogP contribution in [-0.2, 0) is 10.0 Å². The van der Waals surface area contributed by atoms with E-state index in [0.717, 1.165) is 0 Å². The van der Waals surface area contributed by atoms with Crippen LogP contribution in [0.4, 0.5) is 5.82 Å². The number of nitrogens with one attached hydrogen (secondary N) is 1. The van der Waals surface area contributed by atoms with E-state index in [9.17, 15) is 13.5 Å². The van der Waals surface area contributed by atoms with E-state index in [4.69, 9.17) is 4.74 Å². The predicted molar refractivity (Wildman–Crippen MR) is 124 cm³/mol. The summed E-state index contributed by atoms with van der Waals surface area (Å²) in [7, 11) is -2.51. The number of ether oxygens (including phenoxy) is 1. The lowest BCUT2D eigenvalue weighted by molar-refractivity contribution is 0.373. The smallest absolute Gasteiger partial charge is 0.265 e. The van der Waals surface area contributed by atoms with Gasteiger partial charge in [0.15, 0.2) is 23.0 Å². The molecule has 3 aromatic heterocycles. The van der Waals surface area contributed by atoms with Gasteiger partial charge in [-0.1, -0.05) is 18.2 Å². The average Bonchev–Trinajstić information content (AvgIpc) is 2.83. The second kappa shape index (κ2) is 7.99. The van der Waals surface area contributed by atoms with Crippen LogP contribution in [0.15, 0.2) is 78.0 Å². The molecule has 164 valence electrons. The summed E-state index contributed by atoms with van der Waals surface area (Å²) in [6.07, 6.45) is 2.88. The van der Waals surface area contributed by atoms with Crippen molar-refractivity contribution >= 4 is 37.9 Å². The Morgan fingerprint density at radius 3 is 2.67 bits per heavy atom. The first-order valence-corrected chi connectivity index (χ1v) is 11.3. The predicted octanol–water partition coefficient (Wildman–Crippen LogP) is 3.76. The third kappa shape index (κ3) is 3.87. The first-order chi connectivity index (χ1) is 15.9. The fraction of sp³-hybridized carbons (Fsp3) is 0.0435. The van der Waals surface area contributed by atoms with Gasteiger partial charge in [0, 0.05) is 17.1 Å². The number of hydrogen-bond donors (Lipinski definition) is 2. The number of fused-ring (bicyclic) bond motifs is 2. The molecule has 0 fully saturated rings. The molecule has 0 aliphatic heterocycles. The summed E-state index contributed by atoms with van der Waals surface area (Å²) in [5.74, 6) is 0.357. The molecule has 2 aromatic carbocycles. The van der Waals surface area contributed by atoms with Crippen LogP contribution in [0, 0.1) is 0 Å². The Balaban J connectivity index is 1.52. The van der Waals surface area contributed by atoms with Crippen molar-refractivity contribution in [2.45, 2.75) is 4.90 Å². The first-order valence-electron chi connectivity index (χ1n) is 9.82. The van der Waals surface area contributed by atoms with E-state index >= 15 is 0 Å². The van der Waals surface area contributed by atoms with Crippen molar-refractivity contribution in [2.24, 2.45) is 0 Å². The maximum atomic E-state index is 13.1. The molecule has 5 rings (SSSR count). The van der Waals surface area contributed by atoms with Gasteiger partial charge < -0.3 is 9.84 Å². The zero-order valence-electron chi connectivity index (χ0n) is 17.3. The number of anilines is 1. The second-order valence-corrected chi connectivity index (χ2v) is 8.77. The standard InChI is InChI=1S/C23H17N5O4S/c1-32-19-12-15(7-10-18(19)29)16-8-9-17-23(26-16)27-21(13-25-17)28-33(30,31)20-6-2-4-14-5-3-11-24-22(14)20/h2-13,29H,1H3,(H,26,27,28). The molecule has 3 heterocycles. The van der Waals surface area contributed by atoms with Crippen molar-refractivity contribution in [3.05, 3.63) is 73.1 Å². The van der Waals surface area contributed by atoms with Gasteiger partial charge in [0.1, 0.15) is 10.4 Å². The molecule has 0 unspecified atom stereocenters. The molecule has 0 radical (unpaired) electrons. The number of phenols is 1. The minimum Gasteiger partial charge on any atom is -0.504 e. The molecule has 0 atom stereocenters. The molecule has 0 spiro atoms. The molecule has 9 nitrogen and oxygen atoms in total. The topological polar surface area (TPSA) is 127 Å². The molecule has 2 N–H and O–H groups in total. The van der Waals surface area contributed by atoms with Crippen molar-refractivity contribution in [3.63, 3.8) is 0 Å². The number of para-hydroxylation sites is 1. The van der Waals surface area contributed by atoms with Crippen molar-refractivity contribution < 1.29 is 18.3 Å². The number of benzene rings is 2. The Morgan fingerprint density at radius 2 is 1.82 bits per heavy atom. The minimum absolute atomic E-state index is 0.0152. The lowest BCUT2D eigenvalue weighted by Gasteiger charge is -2.10. The van der Waals surface area contributed by atoms with Gasteiger partial charge in [0.2, 0.25) is 0 Å². The van der Waals surface area contributed by atoms with Crippen LogP contribution >= 0.6 is 0 Å². The maximum absolute atomic E-state index is 13.1. The summed E-state index contributed by atoms with van der Waals surface area (Å²) in [6, 6.07) is 16.8. The van der Waals surface area contributed by atoms with Gasteiger partial charge in [0.25, 0.3) is 10.0 Å². The lowest BCUT2D eigenvalue weighted by atomic mass is 10.1. The molecule has 5 aromatic rings. The van der Waals surface area contributed by atoms with E-state index in [-0.39, 0.29) is 22.1 Å². The molecule has 0 aliphatic rings. The number of rotatable bonds is 5. The Bertz CT molecular complexity index is 1620. The molecule has 10 heteroatoms. The Morgan fingerprint density at radius 1 is 0.970 bits per heavy atom. The highest BCUT2D eigenvalue weighted by atomic mass is 32.2. The van der Waals surface area contributed by atoms with E-state index in [1.165, 1.54) is 25.4 Å². The Kier molecular flexibility index (Phi) is 4.98. The monoisotopic (exact) mass is 459 g/mol. The van der Waals surface area contributed by atoms with Crippen LogP contribution in [-0.4, -0.2) is 40.6 Å². The van der Waals surface area contributed by atoms with Gasteiger partial charge in [-0.3, -0.25) is 9.71 Å². The first kappa shape index (κ1) is 20.6. The number of hydrogen-bond acceptors (Lipinski definition) is 8. The van der Waals surface area contributed by atoms with Crippen LogP contribution in [0.3, 0.4) is 0 Å². The molecule has 0 amide bonds. The molecule has 0 bridgehead atoms. The molecular weight excluding hydrogens is 442 g/mol. The molecule has 0 saturated heterocycles. The highest BCUT2D eigenvalue weighted by Crippen LogP contribution is 2.31. The van der Waals surface area contributed by atoms with Crippen molar-refractivity contribution in [1.29, 1.82) is 0 Å². The van der Waals surface area contributed by atoms with E-state index in [2.05, 4.69) is 24.7 Å². The number of aromatic hydroxyl groups is 1. The minimum atomic E-state index is -3.97. The number of aromatic nitrogens is 4. The quantitative estimate of drug-likeness (QED) is 0.407. The van der Waals surface area contributed by atoms with E-state index < -0.39 is 10.0 Å². The summed E-state index contributed by atoms with van der Waals surface area (Å²) in [6.45, 7) is 0. The number of methoxy groups -OCH3 is 1. The van der Waals surface area contributed by atoms with Gasteiger partial charge in [-0.2, -0.15) is 0 Å². The number of pyridine rings is 2. The third-order valence-corrected chi connectivity index (χ3v) is 6.39. The number of nitrogens with zero attached hydrogens (tertiary/aromatic N) is 4. The fourth-order valence-electron chi connectivity index (χ4n) is 3.43. The SMILES string of the molecule is COc1cc(-c2ccc3ncc(NS(=O)(=O)c4cccc5cccnc45)nc3n2)ccc1O. The zero-order chi connectivity index (χ0) is 23.0. The number of phenolic OH excluding ortho intramolecular Hbond substituents is 1. The summed E-state index contributed by atoms with van der Waals surface area (Å²) >= 11 is 0. The number of sulfonamides is 1.